The minimum Gasteiger partial charge on any atom is -0.347 e. The number of tetrazole rings is 1. The maximum absolute atomic E-state index is 13.7. The number of hydrogen-bond donors (Lipinski definition) is 2. The first-order valence-electron chi connectivity index (χ1n) is 11.9. The second-order valence-corrected chi connectivity index (χ2v) is 11.2. The lowest BCUT2D eigenvalue weighted by molar-refractivity contribution is -0.145. The van der Waals surface area contributed by atoms with Gasteiger partial charge in [-0.15, -0.1) is 10.2 Å². The Morgan fingerprint density at radius 1 is 0.976 bits per heavy atom. The summed E-state index contributed by atoms with van der Waals surface area (Å²) in [7, 11) is 0. The third-order valence-electron chi connectivity index (χ3n) is 5.42. The van der Waals surface area contributed by atoms with Crippen LogP contribution in [0.4, 0.5) is 18.9 Å². The molecule has 0 aliphatic heterocycles. The number of hydrogen-bond acceptors (Lipinski definition) is 6. The molecule has 2 aromatic heterocycles. The second kappa shape index (κ2) is 11.3. The Morgan fingerprint density at radius 2 is 1.63 bits per heavy atom. The van der Waals surface area contributed by atoms with Crippen molar-refractivity contribution in [1.82, 2.24) is 35.3 Å². The normalized spacial score (nSPS) is 12.0. The highest BCUT2D eigenvalue weighted by atomic mass is 35.5. The van der Waals surface area contributed by atoms with Crippen molar-refractivity contribution in [2.75, 3.05) is 5.32 Å². The molecule has 0 bridgehead atoms. The predicted molar refractivity (Wildman–Crippen MR) is 147 cm³/mol. The van der Waals surface area contributed by atoms with Gasteiger partial charge < -0.3 is 10.6 Å². The van der Waals surface area contributed by atoms with Crippen molar-refractivity contribution < 1.29 is 22.8 Å². The fraction of sp³-hybridized carbons (Fsp3) is 0.280. The summed E-state index contributed by atoms with van der Waals surface area (Å²) in [4.78, 5) is 27.5. The highest BCUT2D eigenvalue weighted by Gasteiger charge is 2.37. The average Bonchev–Trinajstić information content (AvgIpc) is 3.47. The molecule has 0 fully saturated rings. The Balaban J connectivity index is 1.77. The summed E-state index contributed by atoms with van der Waals surface area (Å²) in [5.41, 5.74) is 0.370. The summed E-state index contributed by atoms with van der Waals surface area (Å²) in [6.45, 7) is 6.70. The molecule has 41 heavy (non-hydrogen) atoms. The van der Waals surface area contributed by atoms with Gasteiger partial charge in [-0.25, -0.2) is 4.68 Å². The molecule has 2 aromatic carbocycles. The summed E-state index contributed by atoms with van der Waals surface area (Å²) in [6, 6.07) is 8.96. The van der Waals surface area contributed by atoms with Gasteiger partial charge >= 0.3 is 6.18 Å². The topological polar surface area (TPSA) is 120 Å². The number of nitrogens with one attached hydrogen (secondary N) is 2. The number of aryl methyl sites for hydroxylation is 1. The van der Waals surface area contributed by atoms with E-state index < -0.39 is 29.4 Å². The molecule has 2 N–H and O–H groups in total. The highest BCUT2D eigenvalue weighted by molar-refractivity contribution is 6.37. The van der Waals surface area contributed by atoms with Gasteiger partial charge in [-0.05, 0) is 68.8 Å². The monoisotopic (exact) mass is 628 g/mol. The Labute approximate surface area is 246 Å². The molecule has 2 amide bonds. The number of anilines is 1. The van der Waals surface area contributed by atoms with Crippen LogP contribution in [0.2, 0.25) is 15.1 Å². The molecule has 2 heterocycles. The van der Waals surface area contributed by atoms with Crippen molar-refractivity contribution in [1.29, 1.82) is 0 Å². The van der Waals surface area contributed by atoms with Gasteiger partial charge in [0, 0.05) is 10.6 Å². The van der Waals surface area contributed by atoms with E-state index in [0.717, 1.165) is 4.68 Å². The summed E-state index contributed by atoms with van der Waals surface area (Å²) in [5.74, 6) is -2.62. The van der Waals surface area contributed by atoms with Crippen molar-refractivity contribution in [3.8, 4) is 5.69 Å². The molecule has 0 unspecified atom stereocenters. The van der Waals surface area contributed by atoms with Crippen molar-refractivity contribution in [3.63, 3.8) is 0 Å². The van der Waals surface area contributed by atoms with Crippen LogP contribution in [0.5, 0.6) is 0 Å². The van der Waals surface area contributed by atoms with Crippen molar-refractivity contribution in [2.24, 2.45) is 0 Å². The molecule has 0 saturated carbocycles. The van der Waals surface area contributed by atoms with Crippen molar-refractivity contribution in [3.05, 3.63) is 79.8 Å². The lowest BCUT2D eigenvalue weighted by atomic mass is 10.0. The molecule has 216 valence electrons. The fourth-order valence-corrected chi connectivity index (χ4v) is 4.60. The molecule has 0 radical (unpaired) electrons. The minimum absolute atomic E-state index is 0.0933. The molecule has 0 saturated heterocycles. The van der Waals surface area contributed by atoms with Crippen molar-refractivity contribution >= 4 is 52.3 Å². The van der Waals surface area contributed by atoms with E-state index in [4.69, 9.17) is 34.8 Å². The van der Waals surface area contributed by atoms with Crippen LogP contribution < -0.4 is 10.6 Å². The Bertz CT molecular complexity index is 1620. The molecule has 0 atom stereocenters. The van der Waals surface area contributed by atoms with Crippen molar-refractivity contribution in [2.45, 2.75) is 46.0 Å². The fourth-order valence-electron chi connectivity index (χ4n) is 3.77. The standard InChI is InChI=1S/C25H22Cl3F3N8O2/c1-12-8-13(26)9-15(21(40)33-24(2,3)4)19(12)32-22(41)18-10-14(11-38-36-23(34-37-38)25(29,30)31)35-39(18)20-16(27)6-5-7-17(20)28/h5-10H,11H2,1-4H3,(H,32,41)(H,33,40). The van der Waals surface area contributed by atoms with Crippen LogP contribution in [0, 0.1) is 6.92 Å². The van der Waals surface area contributed by atoms with Gasteiger partial charge in [0.15, 0.2) is 0 Å². The number of carbonyl (C=O) groups is 2. The van der Waals surface area contributed by atoms with Crippen LogP contribution in [-0.2, 0) is 12.7 Å². The average molecular weight is 630 g/mol. The molecule has 16 heteroatoms. The van der Waals surface area contributed by atoms with Gasteiger partial charge in [-0.1, -0.05) is 40.9 Å². The Hall–Kier alpha value is -3.68. The summed E-state index contributed by atoms with van der Waals surface area (Å²) >= 11 is 19.0. The maximum Gasteiger partial charge on any atom is 0.455 e. The smallest absolute Gasteiger partial charge is 0.347 e. The number of benzene rings is 2. The minimum atomic E-state index is -4.79. The number of para-hydroxylation sites is 1. The third kappa shape index (κ3) is 6.97. The maximum atomic E-state index is 13.7. The molecule has 0 spiro atoms. The molecular weight excluding hydrogens is 608 g/mol. The molecule has 4 rings (SSSR count). The first-order valence-corrected chi connectivity index (χ1v) is 13.0. The lowest BCUT2D eigenvalue weighted by Gasteiger charge is -2.22. The Kier molecular flexibility index (Phi) is 8.35. The van der Waals surface area contributed by atoms with E-state index in [-0.39, 0.29) is 49.9 Å². The molecule has 0 aliphatic rings. The van der Waals surface area contributed by atoms with E-state index >= 15 is 0 Å². The van der Waals surface area contributed by atoms with E-state index in [1.807, 2.05) is 0 Å². The number of halogens is 6. The third-order valence-corrected chi connectivity index (χ3v) is 6.25. The van der Waals surface area contributed by atoms with E-state index in [2.05, 4.69) is 31.1 Å². The number of nitrogens with zero attached hydrogens (tertiary/aromatic N) is 6. The van der Waals surface area contributed by atoms with E-state index in [0.29, 0.717) is 10.4 Å². The highest BCUT2D eigenvalue weighted by Crippen LogP contribution is 2.31. The van der Waals surface area contributed by atoms with E-state index in [9.17, 15) is 22.8 Å². The summed E-state index contributed by atoms with van der Waals surface area (Å²) in [6.07, 6.45) is -4.79. The zero-order valence-electron chi connectivity index (χ0n) is 21.9. The van der Waals surface area contributed by atoms with Crippen LogP contribution in [0.3, 0.4) is 0 Å². The van der Waals surface area contributed by atoms with Crippen LogP contribution in [0.1, 0.15) is 58.7 Å². The van der Waals surface area contributed by atoms with Gasteiger partial charge in [0.25, 0.3) is 17.6 Å². The number of rotatable bonds is 6. The zero-order valence-corrected chi connectivity index (χ0v) is 24.2. The number of amides is 2. The molecule has 4 aromatic rings. The van der Waals surface area contributed by atoms with E-state index in [1.54, 1.807) is 39.8 Å². The SMILES string of the molecule is Cc1cc(Cl)cc(C(=O)NC(C)(C)C)c1NC(=O)c1cc(Cn2nnc(C(F)(F)F)n2)nn1-c1c(Cl)cccc1Cl. The summed E-state index contributed by atoms with van der Waals surface area (Å²) < 4.78 is 40.0. The van der Waals surface area contributed by atoms with Crippen LogP contribution in [0.15, 0.2) is 36.4 Å². The zero-order chi connectivity index (χ0) is 30.3. The van der Waals surface area contributed by atoms with Gasteiger partial charge in [0.1, 0.15) is 17.9 Å². The number of alkyl halides is 3. The second-order valence-electron chi connectivity index (χ2n) is 9.95. The van der Waals surface area contributed by atoms with Crippen LogP contribution in [-0.4, -0.2) is 47.3 Å². The molecular formula is C25H22Cl3F3N8O2. The lowest BCUT2D eigenvalue weighted by Crippen LogP contribution is -2.41. The van der Waals surface area contributed by atoms with E-state index in [1.165, 1.54) is 24.3 Å². The largest absolute Gasteiger partial charge is 0.455 e. The van der Waals surface area contributed by atoms with Gasteiger partial charge in [0.2, 0.25) is 0 Å². The van der Waals surface area contributed by atoms with Gasteiger partial charge in [-0.2, -0.15) is 23.1 Å². The quantitative estimate of drug-likeness (QED) is 0.271. The van der Waals surface area contributed by atoms with Gasteiger partial charge in [0.05, 0.1) is 27.0 Å². The van der Waals surface area contributed by atoms with Crippen LogP contribution in [0.25, 0.3) is 5.69 Å². The van der Waals surface area contributed by atoms with Gasteiger partial charge in [-0.3, -0.25) is 9.59 Å². The Morgan fingerprint density at radius 3 is 2.22 bits per heavy atom. The number of carbonyl (C=O) groups excluding carboxylic acids is 2. The first-order chi connectivity index (χ1) is 19.0. The molecule has 10 nitrogen and oxygen atoms in total. The summed E-state index contributed by atoms with van der Waals surface area (Å²) in [5, 5.41) is 20.2. The number of aromatic nitrogens is 6. The van der Waals surface area contributed by atoms with Crippen LogP contribution >= 0.6 is 34.8 Å². The predicted octanol–water partition coefficient (Wildman–Crippen LogP) is 5.98. The molecule has 0 aliphatic carbocycles. The first kappa shape index (κ1) is 30.3.